The molecule has 5 heteroatoms. The van der Waals surface area contributed by atoms with Crippen molar-refractivity contribution in [1.82, 2.24) is 4.90 Å². The molecule has 0 bridgehead atoms. The van der Waals surface area contributed by atoms with Crippen LogP contribution in [0.5, 0.6) is 5.75 Å². The fraction of sp³-hybridized carbons (Fsp3) is 0.562. The normalized spacial score (nSPS) is 23.9. The number of nitrogens with zero attached hydrogens (tertiary/aromatic N) is 1. The van der Waals surface area contributed by atoms with Crippen molar-refractivity contribution in [3.8, 4) is 5.75 Å². The molecule has 1 amide bonds. The molecule has 2 aliphatic heterocycles. The van der Waals surface area contributed by atoms with Crippen molar-refractivity contribution in [2.75, 3.05) is 19.9 Å². The maximum absolute atomic E-state index is 13.4. The van der Waals surface area contributed by atoms with E-state index in [4.69, 9.17) is 4.74 Å². The van der Waals surface area contributed by atoms with Crippen LogP contribution in [0.15, 0.2) is 18.2 Å². The molecule has 0 N–H and O–H groups in total. The van der Waals surface area contributed by atoms with Gasteiger partial charge in [-0.3, -0.25) is 4.79 Å². The first-order valence-corrected chi connectivity index (χ1v) is 7.29. The molecule has 0 saturated carbocycles. The Morgan fingerprint density at radius 2 is 2.14 bits per heavy atom. The van der Waals surface area contributed by atoms with E-state index in [1.54, 1.807) is 11.0 Å². The first-order valence-electron chi connectivity index (χ1n) is 7.29. The molecule has 0 aliphatic carbocycles. The second-order valence-corrected chi connectivity index (χ2v) is 6.00. The van der Waals surface area contributed by atoms with Crippen LogP contribution in [0.3, 0.4) is 0 Å². The molecule has 21 heavy (non-hydrogen) atoms. The van der Waals surface area contributed by atoms with Crippen molar-refractivity contribution in [3.05, 3.63) is 29.3 Å². The number of ether oxygens (including phenoxy) is 1. The fourth-order valence-electron chi connectivity index (χ4n) is 3.23. The molecular formula is C16H19F2NO2. The van der Waals surface area contributed by atoms with Gasteiger partial charge >= 0.3 is 0 Å². The molecule has 2 aliphatic rings. The Hall–Kier alpha value is -1.65. The summed E-state index contributed by atoms with van der Waals surface area (Å²) in [6, 6.07) is 5.26. The number of halogens is 2. The predicted molar refractivity (Wildman–Crippen MR) is 74.8 cm³/mol. The Morgan fingerprint density at radius 1 is 1.38 bits per heavy atom. The van der Waals surface area contributed by atoms with Gasteiger partial charge in [-0.1, -0.05) is 17.7 Å². The SMILES string of the molecule is Cc1ccc2c(c1)C(N1CCCC1=O)CC(CF)(CF)O2. The van der Waals surface area contributed by atoms with E-state index in [0.29, 0.717) is 18.7 Å². The van der Waals surface area contributed by atoms with E-state index in [9.17, 15) is 13.6 Å². The molecule has 0 radical (unpaired) electrons. The zero-order valence-corrected chi connectivity index (χ0v) is 12.1. The molecule has 0 spiro atoms. The number of benzene rings is 1. The predicted octanol–water partition coefficient (Wildman–Crippen LogP) is 3.12. The molecule has 1 atom stereocenters. The van der Waals surface area contributed by atoms with E-state index in [0.717, 1.165) is 17.5 Å². The summed E-state index contributed by atoms with van der Waals surface area (Å²) in [5.74, 6) is 0.549. The zero-order valence-electron chi connectivity index (χ0n) is 12.1. The summed E-state index contributed by atoms with van der Waals surface area (Å²) in [7, 11) is 0. The smallest absolute Gasteiger partial charge is 0.223 e. The number of fused-ring (bicyclic) bond motifs is 1. The van der Waals surface area contributed by atoms with Gasteiger partial charge in [0.15, 0.2) is 5.60 Å². The number of hydrogen-bond acceptors (Lipinski definition) is 2. The van der Waals surface area contributed by atoms with Crippen molar-refractivity contribution in [3.63, 3.8) is 0 Å². The summed E-state index contributed by atoms with van der Waals surface area (Å²) < 4.78 is 32.4. The lowest BCUT2D eigenvalue weighted by atomic mass is 9.87. The highest BCUT2D eigenvalue weighted by molar-refractivity contribution is 5.78. The molecule has 3 rings (SSSR count). The average molecular weight is 295 g/mol. The van der Waals surface area contributed by atoms with Gasteiger partial charge in [0.25, 0.3) is 0 Å². The molecule has 1 fully saturated rings. The molecular weight excluding hydrogens is 276 g/mol. The number of carbonyl (C=O) groups excluding carboxylic acids is 1. The molecule has 2 heterocycles. The van der Waals surface area contributed by atoms with Crippen molar-refractivity contribution in [2.24, 2.45) is 0 Å². The Bertz CT molecular complexity index is 557. The Labute approximate surface area is 122 Å². The molecule has 0 aromatic heterocycles. The number of rotatable bonds is 3. The second-order valence-electron chi connectivity index (χ2n) is 6.00. The summed E-state index contributed by atoms with van der Waals surface area (Å²) >= 11 is 0. The highest BCUT2D eigenvalue weighted by atomic mass is 19.1. The minimum atomic E-state index is -1.46. The van der Waals surface area contributed by atoms with Crippen molar-refractivity contribution >= 4 is 5.91 Å². The standard InChI is InChI=1S/C16H19F2NO2/c1-11-4-5-14-12(7-11)13(19-6-2-3-15(19)20)8-16(9-17,10-18)21-14/h4-5,7,13H,2-3,6,8-10H2,1H3. The van der Waals surface area contributed by atoms with Crippen molar-refractivity contribution in [2.45, 2.75) is 37.8 Å². The summed E-state index contributed by atoms with van der Waals surface area (Å²) in [6.07, 6.45) is 1.48. The third-order valence-electron chi connectivity index (χ3n) is 4.39. The summed E-state index contributed by atoms with van der Waals surface area (Å²) in [6.45, 7) is 0.811. The number of amides is 1. The molecule has 1 aromatic rings. The lowest BCUT2D eigenvalue weighted by molar-refractivity contribution is -0.132. The third-order valence-corrected chi connectivity index (χ3v) is 4.39. The highest BCUT2D eigenvalue weighted by Gasteiger charge is 2.45. The maximum Gasteiger partial charge on any atom is 0.223 e. The third kappa shape index (κ3) is 2.39. The average Bonchev–Trinajstić information content (AvgIpc) is 2.92. The van der Waals surface area contributed by atoms with Gasteiger partial charge in [-0.2, -0.15) is 0 Å². The van der Waals surface area contributed by atoms with Crippen LogP contribution in [-0.4, -0.2) is 36.3 Å². The van der Waals surface area contributed by atoms with Gasteiger partial charge < -0.3 is 9.64 Å². The van der Waals surface area contributed by atoms with Gasteiger partial charge in [0.05, 0.1) is 6.04 Å². The van der Waals surface area contributed by atoms with Crippen LogP contribution in [0.1, 0.15) is 36.4 Å². The van der Waals surface area contributed by atoms with E-state index < -0.39 is 19.0 Å². The van der Waals surface area contributed by atoms with Crippen LogP contribution >= 0.6 is 0 Å². The molecule has 1 unspecified atom stereocenters. The van der Waals surface area contributed by atoms with Gasteiger partial charge in [-0.15, -0.1) is 0 Å². The van der Waals surface area contributed by atoms with E-state index in [2.05, 4.69) is 0 Å². The Balaban J connectivity index is 2.04. The monoisotopic (exact) mass is 295 g/mol. The lowest BCUT2D eigenvalue weighted by Crippen LogP contribution is -2.49. The van der Waals surface area contributed by atoms with Crippen LogP contribution in [0, 0.1) is 6.92 Å². The van der Waals surface area contributed by atoms with Crippen LogP contribution in [0.2, 0.25) is 0 Å². The van der Waals surface area contributed by atoms with Crippen LogP contribution < -0.4 is 4.74 Å². The van der Waals surface area contributed by atoms with Crippen LogP contribution in [-0.2, 0) is 4.79 Å². The fourth-order valence-corrected chi connectivity index (χ4v) is 3.23. The minimum Gasteiger partial charge on any atom is -0.481 e. The van der Waals surface area contributed by atoms with E-state index in [1.807, 2.05) is 19.1 Å². The summed E-state index contributed by atoms with van der Waals surface area (Å²) in [4.78, 5) is 13.8. The van der Waals surface area contributed by atoms with E-state index in [-0.39, 0.29) is 18.4 Å². The number of alkyl halides is 2. The van der Waals surface area contributed by atoms with Gasteiger partial charge in [0, 0.05) is 24.9 Å². The molecule has 114 valence electrons. The number of aryl methyl sites for hydroxylation is 1. The molecule has 3 nitrogen and oxygen atoms in total. The van der Waals surface area contributed by atoms with Gasteiger partial charge in [0.2, 0.25) is 5.91 Å². The molecule has 1 aromatic carbocycles. The quantitative estimate of drug-likeness (QED) is 0.857. The van der Waals surface area contributed by atoms with Crippen molar-refractivity contribution < 1.29 is 18.3 Å². The van der Waals surface area contributed by atoms with E-state index in [1.165, 1.54) is 0 Å². The first kappa shape index (κ1) is 14.3. The Kier molecular flexibility index (Phi) is 3.59. The van der Waals surface area contributed by atoms with Gasteiger partial charge in [0.1, 0.15) is 19.1 Å². The van der Waals surface area contributed by atoms with E-state index >= 15 is 0 Å². The zero-order chi connectivity index (χ0) is 15.0. The number of hydrogen-bond donors (Lipinski definition) is 0. The second kappa shape index (κ2) is 5.28. The largest absolute Gasteiger partial charge is 0.481 e. The summed E-state index contributed by atoms with van der Waals surface area (Å²) in [5.41, 5.74) is 0.445. The topological polar surface area (TPSA) is 29.5 Å². The Morgan fingerprint density at radius 3 is 2.76 bits per heavy atom. The van der Waals surface area contributed by atoms with Gasteiger partial charge in [-0.05, 0) is 19.4 Å². The van der Waals surface area contributed by atoms with Crippen LogP contribution in [0.4, 0.5) is 8.78 Å². The number of likely N-dealkylation sites (tertiary alicyclic amines) is 1. The van der Waals surface area contributed by atoms with Crippen molar-refractivity contribution in [1.29, 1.82) is 0 Å². The number of carbonyl (C=O) groups is 1. The summed E-state index contributed by atoms with van der Waals surface area (Å²) in [5, 5.41) is 0. The highest BCUT2D eigenvalue weighted by Crippen LogP contribution is 2.44. The van der Waals surface area contributed by atoms with Crippen LogP contribution in [0.25, 0.3) is 0 Å². The molecule has 1 saturated heterocycles. The lowest BCUT2D eigenvalue weighted by Gasteiger charge is -2.42. The first-order chi connectivity index (χ1) is 10.1. The minimum absolute atomic E-state index is 0.0565. The maximum atomic E-state index is 13.4. The van der Waals surface area contributed by atoms with Gasteiger partial charge in [-0.25, -0.2) is 8.78 Å².